The first kappa shape index (κ1) is 17.8. The second-order valence-electron chi connectivity index (χ2n) is 7.84. The van der Waals surface area contributed by atoms with Crippen LogP contribution in [0.5, 0.6) is 0 Å². The Morgan fingerprint density at radius 2 is 1.70 bits per heavy atom. The van der Waals surface area contributed by atoms with E-state index >= 15 is 0 Å². The molecule has 0 saturated carbocycles. The zero-order chi connectivity index (χ0) is 17.5. The van der Waals surface area contributed by atoms with E-state index in [1.165, 1.54) is 0 Å². The van der Waals surface area contributed by atoms with Gasteiger partial charge in [0, 0.05) is 11.3 Å². The number of carbonyl (C=O) groups is 1. The van der Waals surface area contributed by atoms with Crippen molar-refractivity contribution in [3.8, 4) is 0 Å². The van der Waals surface area contributed by atoms with E-state index < -0.39 is 29.2 Å². The lowest BCUT2D eigenvalue weighted by Crippen LogP contribution is -2.41. The van der Waals surface area contributed by atoms with Crippen molar-refractivity contribution in [2.75, 3.05) is 5.32 Å². The molecule has 1 heterocycles. The molecule has 0 bridgehead atoms. The first-order valence-electron chi connectivity index (χ1n) is 7.85. The monoisotopic (exact) mass is 321 g/mol. The van der Waals surface area contributed by atoms with Gasteiger partial charge in [-0.2, -0.15) is 0 Å². The van der Waals surface area contributed by atoms with Crippen LogP contribution in [0.15, 0.2) is 24.3 Å². The zero-order valence-electron chi connectivity index (χ0n) is 15.0. The van der Waals surface area contributed by atoms with Gasteiger partial charge in [0.2, 0.25) is 0 Å². The van der Waals surface area contributed by atoms with Crippen molar-refractivity contribution >= 4 is 11.8 Å². The van der Waals surface area contributed by atoms with Crippen LogP contribution in [-0.2, 0) is 14.2 Å². The summed E-state index contributed by atoms with van der Waals surface area (Å²) in [6.07, 6.45) is -0.941. The molecular weight excluding hydrogens is 294 g/mol. The Hall–Kier alpha value is -1.59. The van der Waals surface area contributed by atoms with E-state index in [0.29, 0.717) is 5.69 Å². The number of hydrogen-bond donors (Lipinski definition) is 1. The summed E-state index contributed by atoms with van der Waals surface area (Å²) in [5.41, 5.74) is 0.176. The number of benzene rings is 1. The largest absolute Gasteiger partial charge is 0.444 e. The molecule has 1 fully saturated rings. The maximum atomic E-state index is 11.9. The molecule has 5 nitrogen and oxygen atoms in total. The summed E-state index contributed by atoms with van der Waals surface area (Å²) < 4.78 is 17.3. The molecule has 23 heavy (non-hydrogen) atoms. The maximum absolute atomic E-state index is 11.9. The number of hydrogen-bond acceptors (Lipinski definition) is 4. The quantitative estimate of drug-likeness (QED) is 0.862. The molecule has 1 aromatic rings. The smallest absolute Gasteiger partial charge is 0.412 e. The van der Waals surface area contributed by atoms with Gasteiger partial charge >= 0.3 is 6.09 Å². The molecule has 1 aliphatic rings. The summed E-state index contributed by atoms with van der Waals surface area (Å²) in [4.78, 5) is 11.9. The normalized spacial score (nSPS) is 20.3. The van der Waals surface area contributed by atoms with Crippen LogP contribution in [-0.4, -0.2) is 22.9 Å². The summed E-state index contributed by atoms with van der Waals surface area (Å²) in [6, 6.07) is 7.42. The zero-order valence-corrected chi connectivity index (χ0v) is 15.0. The number of amides is 1. The molecular formula is C18H27NO4. The van der Waals surface area contributed by atoms with Crippen LogP contribution >= 0.6 is 0 Å². The Bertz CT molecular complexity index is 571. The first-order chi connectivity index (χ1) is 10.4. The molecule has 128 valence electrons. The van der Waals surface area contributed by atoms with Crippen LogP contribution < -0.4 is 5.32 Å². The van der Waals surface area contributed by atoms with Gasteiger partial charge in [0.05, 0.1) is 11.2 Å². The minimum atomic E-state index is -0.534. The van der Waals surface area contributed by atoms with E-state index in [1.54, 1.807) is 6.07 Å². The average Bonchev–Trinajstić information content (AvgIpc) is 2.56. The molecule has 0 radical (unpaired) electrons. The molecule has 0 spiro atoms. The lowest BCUT2D eigenvalue weighted by atomic mass is 9.90. The van der Waals surface area contributed by atoms with Gasteiger partial charge in [-0.15, -0.1) is 0 Å². The molecule has 0 atom stereocenters. The van der Waals surface area contributed by atoms with E-state index in [0.717, 1.165) is 5.56 Å². The van der Waals surface area contributed by atoms with Gasteiger partial charge in [0.1, 0.15) is 5.60 Å². The third-order valence-corrected chi connectivity index (χ3v) is 4.06. The topological polar surface area (TPSA) is 56.8 Å². The lowest BCUT2D eigenvalue weighted by Gasteiger charge is -2.30. The summed E-state index contributed by atoms with van der Waals surface area (Å²) in [7, 11) is 0. The predicted molar refractivity (Wildman–Crippen MR) is 89.4 cm³/mol. The molecule has 0 unspecified atom stereocenters. The molecule has 1 N–H and O–H groups in total. The number of anilines is 1. The highest BCUT2D eigenvalue weighted by Crippen LogP contribution is 2.44. The van der Waals surface area contributed by atoms with Crippen molar-refractivity contribution in [1.29, 1.82) is 0 Å². The second-order valence-corrected chi connectivity index (χ2v) is 7.84. The minimum Gasteiger partial charge on any atom is -0.444 e. The van der Waals surface area contributed by atoms with Crippen LogP contribution in [0.4, 0.5) is 10.5 Å². The Balaban J connectivity index is 2.11. The van der Waals surface area contributed by atoms with E-state index in [-0.39, 0.29) is 0 Å². The van der Waals surface area contributed by atoms with Gasteiger partial charge in [-0.1, -0.05) is 12.1 Å². The van der Waals surface area contributed by atoms with Gasteiger partial charge in [0.25, 0.3) is 0 Å². The first-order valence-corrected chi connectivity index (χ1v) is 7.85. The number of nitrogens with one attached hydrogen (secondary N) is 1. The van der Waals surface area contributed by atoms with E-state index in [1.807, 2.05) is 66.7 Å². The fraction of sp³-hybridized carbons (Fsp3) is 0.611. The van der Waals surface area contributed by atoms with Crippen molar-refractivity contribution in [3.63, 3.8) is 0 Å². The van der Waals surface area contributed by atoms with Crippen LogP contribution in [0, 0.1) is 0 Å². The molecule has 0 aromatic heterocycles. The number of ether oxygens (including phenoxy) is 3. The number of rotatable bonds is 2. The van der Waals surface area contributed by atoms with Gasteiger partial charge < -0.3 is 14.2 Å². The summed E-state index contributed by atoms with van der Waals surface area (Å²) in [5, 5.41) is 2.73. The van der Waals surface area contributed by atoms with Crippen LogP contribution in [0.1, 0.15) is 60.3 Å². The van der Waals surface area contributed by atoms with Crippen molar-refractivity contribution in [2.24, 2.45) is 0 Å². The standard InChI is InChI=1S/C18H27NO4/c1-16(2,3)23-15(20)19-13-10-8-9-12(11-13)14-21-17(4,5)18(6,7)22-14/h8-11,14H,1-7H3,(H,19,20). The molecule has 1 aromatic carbocycles. The van der Waals surface area contributed by atoms with Gasteiger partial charge in [-0.25, -0.2) is 4.79 Å². The third-order valence-electron chi connectivity index (χ3n) is 4.06. The summed E-state index contributed by atoms with van der Waals surface area (Å²) in [6.45, 7) is 13.5. The molecule has 1 aliphatic heterocycles. The van der Waals surface area contributed by atoms with Crippen molar-refractivity contribution in [3.05, 3.63) is 29.8 Å². The highest BCUT2D eigenvalue weighted by Gasteiger charge is 2.49. The Labute approximate surface area is 138 Å². The van der Waals surface area contributed by atoms with Crippen LogP contribution in [0.3, 0.4) is 0 Å². The van der Waals surface area contributed by atoms with Gasteiger partial charge in [0.15, 0.2) is 6.29 Å². The Morgan fingerprint density at radius 1 is 1.13 bits per heavy atom. The minimum absolute atomic E-state index is 0.397. The van der Waals surface area contributed by atoms with E-state index in [9.17, 15) is 4.79 Å². The highest BCUT2D eigenvalue weighted by atomic mass is 16.7. The fourth-order valence-electron chi connectivity index (χ4n) is 2.16. The maximum Gasteiger partial charge on any atom is 0.412 e. The molecule has 1 saturated heterocycles. The second kappa shape index (κ2) is 5.80. The summed E-state index contributed by atoms with van der Waals surface area (Å²) in [5.74, 6) is 0. The Morgan fingerprint density at radius 3 is 2.22 bits per heavy atom. The average molecular weight is 321 g/mol. The lowest BCUT2D eigenvalue weighted by molar-refractivity contribution is -0.0895. The molecule has 2 rings (SSSR count). The van der Waals surface area contributed by atoms with E-state index in [2.05, 4.69) is 5.32 Å². The van der Waals surface area contributed by atoms with Crippen molar-refractivity contribution < 1.29 is 19.0 Å². The SMILES string of the molecule is CC(C)(C)OC(=O)Nc1cccc(C2OC(C)(C)C(C)(C)O2)c1. The predicted octanol–water partition coefficient (Wildman–Crippen LogP) is 4.64. The number of carbonyl (C=O) groups excluding carboxylic acids is 1. The van der Waals surface area contributed by atoms with Gasteiger partial charge in [-0.3, -0.25) is 5.32 Å². The van der Waals surface area contributed by atoms with Crippen molar-refractivity contribution in [2.45, 2.75) is 71.6 Å². The van der Waals surface area contributed by atoms with E-state index in [4.69, 9.17) is 14.2 Å². The van der Waals surface area contributed by atoms with Crippen LogP contribution in [0.25, 0.3) is 0 Å². The van der Waals surface area contributed by atoms with Gasteiger partial charge in [-0.05, 0) is 60.6 Å². The van der Waals surface area contributed by atoms with Crippen LogP contribution in [0.2, 0.25) is 0 Å². The highest BCUT2D eigenvalue weighted by molar-refractivity contribution is 5.84. The molecule has 5 heteroatoms. The third kappa shape index (κ3) is 4.24. The molecule has 0 aliphatic carbocycles. The molecule has 1 amide bonds. The van der Waals surface area contributed by atoms with Crippen molar-refractivity contribution in [1.82, 2.24) is 0 Å². The Kier molecular flexibility index (Phi) is 4.48. The summed E-state index contributed by atoms with van der Waals surface area (Å²) >= 11 is 0. The fourth-order valence-corrected chi connectivity index (χ4v) is 2.16.